The number of rotatable bonds is 2. The van der Waals surface area contributed by atoms with Gasteiger partial charge in [-0.25, -0.2) is 4.79 Å². The molecule has 2 unspecified atom stereocenters. The van der Waals surface area contributed by atoms with Crippen LogP contribution in [0.1, 0.15) is 19.8 Å². The van der Waals surface area contributed by atoms with E-state index in [0.717, 1.165) is 0 Å². The van der Waals surface area contributed by atoms with Crippen molar-refractivity contribution in [2.45, 2.75) is 25.9 Å². The van der Waals surface area contributed by atoms with Crippen molar-refractivity contribution < 1.29 is 23.1 Å². The SMILES string of the molecule is CC(=CC1CCC1C(F)(F)F)C(=O)O. The quantitative estimate of drug-likeness (QED) is 0.708. The topological polar surface area (TPSA) is 37.3 Å². The van der Waals surface area contributed by atoms with Crippen molar-refractivity contribution in [2.24, 2.45) is 11.8 Å². The first-order valence-corrected chi connectivity index (χ1v) is 4.31. The van der Waals surface area contributed by atoms with Gasteiger partial charge in [0.15, 0.2) is 0 Å². The molecule has 0 amide bonds. The van der Waals surface area contributed by atoms with Crippen molar-refractivity contribution in [2.75, 3.05) is 0 Å². The highest BCUT2D eigenvalue weighted by atomic mass is 19.4. The van der Waals surface area contributed by atoms with Crippen molar-refractivity contribution in [1.29, 1.82) is 0 Å². The molecule has 0 aromatic carbocycles. The molecule has 0 aliphatic heterocycles. The van der Waals surface area contributed by atoms with Crippen LogP contribution in [0.4, 0.5) is 13.2 Å². The summed E-state index contributed by atoms with van der Waals surface area (Å²) in [6, 6.07) is 0. The average molecular weight is 208 g/mol. The van der Waals surface area contributed by atoms with Crippen LogP contribution in [0.5, 0.6) is 0 Å². The number of hydrogen-bond acceptors (Lipinski definition) is 1. The Balaban J connectivity index is 2.65. The van der Waals surface area contributed by atoms with Gasteiger partial charge in [-0.2, -0.15) is 13.2 Å². The predicted molar refractivity (Wildman–Crippen MR) is 43.7 cm³/mol. The molecular weight excluding hydrogens is 197 g/mol. The van der Waals surface area contributed by atoms with E-state index in [0.29, 0.717) is 6.42 Å². The third-order valence-electron chi connectivity index (χ3n) is 2.55. The minimum atomic E-state index is -4.20. The zero-order valence-electron chi connectivity index (χ0n) is 7.64. The first-order valence-electron chi connectivity index (χ1n) is 4.31. The van der Waals surface area contributed by atoms with Gasteiger partial charge in [-0.15, -0.1) is 0 Å². The van der Waals surface area contributed by atoms with E-state index in [-0.39, 0.29) is 12.0 Å². The van der Waals surface area contributed by atoms with Gasteiger partial charge in [-0.3, -0.25) is 0 Å². The molecule has 2 atom stereocenters. The van der Waals surface area contributed by atoms with Crippen molar-refractivity contribution in [3.05, 3.63) is 11.6 Å². The van der Waals surface area contributed by atoms with Crippen LogP contribution in [0.25, 0.3) is 0 Å². The van der Waals surface area contributed by atoms with Gasteiger partial charge in [0.05, 0.1) is 5.92 Å². The summed E-state index contributed by atoms with van der Waals surface area (Å²) in [6.07, 6.45) is -2.45. The minimum absolute atomic E-state index is 0.0102. The van der Waals surface area contributed by atoms with Gasteiger partial charge in [-0.05, 0) is 25.7 Å². The third-order valence-corrected chi connectivity index (χ3v) is 2.55. The molecular formula is C9H11F3O2. The van der Waals surface area contributed by atoms with Crippen LogP contribution < -0.4 is 0 Å². The van der Waals surface area contributed by atoms with E-state index < -0.39 is 24.0 Å². The molecule has 0 radical (unpaired) electrons. The number of alkyl halides is 3. The van der Waals surface area contributed by atoms with E-state index >= 15 is 0 Å². The maximum Gasteiger partial charge on any atom is 0.392 e. The second kappa shape index (κ2) is 3.63. The zero-order valence-corrected chi connectivity index (χ0v) is 7.64. The molecule has 0 aromatic heterocycles. The molecule has 0 bridgehead atoms. The Morgan fingerprint density at radius 3 is 2.29 bits per heavy atom. The van der Waals surface area contributed by atoms with Crippen LogP contribution >= 0.6 is 0 Å². The maximum atomic E-state index is 12.2. The van der Waals surface area contributed by atoms with Gasteiger partial charge in [0.25, 0.3) is 0 Å². The van der Waals surface area contributed by atoms with Gasteiger partial charge in [0, 0.05) is 5.57 Å². The Morgan fingerprint density at radius 1 is 1.43 bits per heavy atom. The van der Waals surface area contributed by atoms with Gasteiger partial charge < -0.3 is 5.11 Å². The number of carbonyl (C=O) groups is 1. The zero-order chi connectivity index (χ0) is 10.9. The van der Waals surface area contributed by atoms with Gasteiger partial charge in [0.2, 0.25) is 0 Å². The first-order chi connectivity index (χ1) is 6.32. The van der Waals surface area contributed by atoms with Crippen LogP contribution in [0.2, 0.25) is 0 Å². The second-order valence-corrected chi connectivity index (χ2v) is 3.54. The smallest absolute Gasteiger partial charge is 0.392 e. The lowest BCUT2D eigenvalue weighted by atomic mass is 9.72. The number of aliphatic carboxylic acids is 1. The fraction of sp³-hybridized carbons (Fsp3) is 0.667. The summed E-state index contributed by atoms with van der Waals surface area (Å²) in [7, 11) is 0. The van der Waals surface area contributed by atoms with Gasteiger partial charge in [-0.1, -0.05) is 6.08 Å². The fourth-order valence-electron chi connectivity index (χ4n) is 1.52. The molecule has 1 saturated carbocycles. The maximum absolute atomic E-state index is 12.2. The Hall–Kier alpha value is -1.00. The molecule has 0 spiro atoms. The molecule has 80 valence electrons. The average Bonchev–Trinajstić information content (AvgIpc) is 1.93. The molecule has 0 aromatic rings. The summed E-state index contributed by atoms with van der Waals surface area (Å²) in [6.45, 7) is 1.31. The van der Waals surface area contributed by atoms with E-state index in [4.69, 9.17) is 5.11 Å². The monoisotopic (exact) mass is 208 g/mol. The van der Waals surface area contributed by atoms with Crippen molar-refractivity contribution in [3.63, 3.8) is 0 Å². The molecule has 2 nitrogen and oxygen atoms in total. The minimum Gasteiger partial charge on any atom is -0.478 e. The number of allylic oxidation sites excluding steroid dienone is 1. The van der Waals surface area contributed by atoms with E-state index in [9.17, 15) is 18.0 Å². The van der Waals surface area contributed by atoms with Gasteiger partial charge in [0.1, 0.15) is 0 Å². The molecule has 1 N–H and O–H groups in total. The molecule has 1 rings (SSSR count). The number of carboxylic acid groups (broad SMARTS) is 1. The molecule has 0 heterocycles. The van der Waals surface area contributed by atoms with Crippen molar-refractivity contribution in [1.82, 2.24) is 0 Å². The van der Waals surface area contributed by atoms with Crippen LogP contribution in [-0.4, -0.2) is 17.3 Å². The number of hydrogen-bond donors (Lipinski definition) is 1. The van der Waals surface area contributed by atoms with E-state index in [1.807, 2.05) is 0 Å². The fourth-order valence-corrected chi connectivity index (χ4v) is 1.52. The van der Waals surface area contributed by atoms with E-state index in [1.54, 1.807) is 0 Å². The lowest BCUT2D eigenvalue weighted by Crippen LogP contribution is -2.37. The van der Waals surface area contributed by atoms with Crippen molar-refractivity contribution in [3.8, 4) is 0 Å². The Labute approximate surface area is 79.4 Å². The van der Waals surface area contributed by atoms with Crippen LogP contribution in [0.3, 0.4) is 0 Å². The Kier molecular flexibility index (Phi) is 2.87. The highest BCUT2D eigenvalue weighted by Gasteiger charge is 2.48. The van der Waals surface area contributed by atoms with E-state index in [1.165, 1.54) is 13.0 Å². The summed E-state index contributed by atoms with van der Waals surface area (Å²) in [4.78, 5) is 10.4. The molecule has 1 fully saturated rings. The largest absolute Gasteiger partial charge is 0.478 e. The molecule has 14 heavy (non-hydrogen) atoms. The first kappa shape index (κ1) is 11.1. The highest BCUT2D eigenvalue weighted by Crippen LogP contribution is 2.46. The summed E-state index contributed by atoms with van der Waals surface area (Å²) < 4.78 is 36.7. The molecule has 0 saturated heterocycles. The van der Waals surface area contributed by atoms with Crippen molar-refractivity contribution >= 4 is 5.97 Å². The lowest BCUT2D eigenvalue weighted by Gasteiger charge is -2.36. The summed E-state index contributed by atoms with van der Waals surface area (Å²) in [5, 5.41) is 8.49. The molecule has 1 aliphatic carbocycles. The Morgan fingerprint density at radius 2 is 2.00 bits per heavy atom. The second-order valence-electron chi connectivity index (χ2n) is 3.54. The lowest BCUT2D eigenvalue weighted by molar-refractivity contribution is -0.206. The number of carboxylic acids is 1. The Bertz CT molecular complexity index is 268. The van der Waals surface area contributed by atoms with E-state index in [2.05, 4.69) is 0 Å². The molecule has 1 aliphatic rings. The van der Waals surface area contributed by atoms with Crippen LogP contribution in [-0.2, 0) is 4.79 Å². The van der Waals surface area contributed by atoms with Crippen LogP contribution in [0.15, 0.2) is 11.6 Å². The molecule has 5 heteroatoms. The standard InChI is InChI=1S/C9H11F3O2/c1-5(8(13)14)4-6-2-3-7(6)9(10,11)12/h4,6-7H,2-3H2,1H3,(H,13,14). The summed E-state index contributed by atoms with van der Waals surface area (Å²) >= 11 is 0. The third kappa shape index (κ3) is 2.27. The summed E-state index contributed by atoms with van der Waals surface area (Å²) in [5.74, 6) is -3.15. The predicted octanol–water partition coefficient (Wildman–Crippen LogP) is 2.61. The van der Waals surface area contributed by atoms with Gasteiger partial charge >= 0.3 is 12.1 Å². The number of halogens is 3. The van der Waals surface area contributed by atoms with Crippen LogP contribution in [0, 0.1) is 11.8 Å². The normalized spacial score (nSPS) is 28.4. The highest BCUT2D eigenvalue weighted by molar-refractivity contribution is 5.85. The summed E-state index contributed by atoms with van der Waals surface area (Å²) in [5.41, 5.74) is -0.0102.